The molecule has 0 radical (unpaired) electrons. The number of ether oxygens (including phenoxy) is 2. The van der Waals surface area contributed by atoms with E-state index in [2.05, 4.69) is 0 Å². The number of benzene rings is 2. The van der Waals surface area contributed by atoms with Crippen LogP contribution in [0.5, 0.6) is 11.5 Å². The lowest BCUT2D eigenvalue weighted by atomic mass is 10.0. The van der Waals surface area contributed by atoms with Gasteiger partial charge in [-0.1, -0.05) is 25.1 Å². The average molecular weight is 354 g/mol. The van der Waals surface area contributed by atoms with Gasteiger partial charge in [0.2, 0.25) is 0 Å². The van der Waals surface area contributed by atoms with Crippen LogP contribution in [0.15, 0.2) is 54.2 Å². The number of rotatable bonds is 5. The molecule has 0 aliphatic carbocycles. The Morgan fingerprint density at radius 1 is 1.08 bits per heavy atom. The first kappa shape index (κ1) is 17.9. The molecule has 1 atom stereocenters. The maximum absolute atomic E-state index is 13.3. The van der Waals surface area contributed by atoms with Crippen LogP contribution in [0.3, 0.4) is 0 Å². The molecule has 0 fully saturated rings. The number of methoxy groups -OCH3 is 2. The van der Waals surface area contributed by atoms with Gasteiger partial charge >= 0.3 is 5.66 Å². The van der Waals surface area contributed by atoms with Crippen LogP contribution in [0.25, 0.3) is 5.70 Å². The Morgan fingerprint density at radius 2 is 1.73 bits per heavy atom. The van der Waals surface area contributed by atoms with Crippen LogP contribution in [-0.4, -0.2) is 24.0 Å². The maximum atomic E-state index is 13.3. The first-order valence-corrected chi connectivity index (χ1v) is 8.44. The van der Waals surface area contributed by atoms with Crippen LogP contribution in [0.2, 0.25) is 0 Å². The van der Waals surface area contributed by atoms with Crippen molar-refractivity contribution in [3.05, 3.63) is 75.5 Å². The van der Waals surface area contributed by atoms with Gasteiger partial charge in [-0.05, 0) is 36.8 Å². The van der Waals surface area contributed by atoms with Gasteiger partial charge in [0, 0.05) is 11.8 Å². The summed E-state index contributed by atoms with van der Waals surface area (Å²) in [6, 6.07) is 14.4. The number of nitrogens with zero attached hydrogens (tertiary/aromatic N) is 2. The lowest BCUT2D eigenvalue weighted by molar-refractivity contribution is -0.565. The van der Waals surface area contributed by atoms with E-state index in [0.717, 1.165) is 15.4 Å². The minimum Gasteiger partial charge on any atom is -0.753 e. The van der Waals surface area contributed by atoms with Crippen molar-refractivity contribution in [1.82, 2.24) is 5.06 Å². The molecule has 2 aromatic rings. The molecule has 0 saturated carbocycles. The van der Waals surface area contributed by atoms with Gasteiger partial charge in [0.15, 0.2) is 11.5 Å². The molecule has 0 amide bonds. The van der Waals surface area contributed by atoms with Gasteiger partial charge in [0.25, 0.3) is 5.70 Å². The molecular formula is C20H22N2O4. The van der Waals surface area contributed by atoms with E-state index in [-0.39, 0.29) is 0 Å². The normalized spacial score (nSPS) is 19.9. The summed E-state index contributed by atoms with van der Waals surface area (Å²) in [5, 5.41) is 14.0. The molecule has 1 heterocycles. The molecule has 6 nitrogen and oxygen atoms in total. The van der Waals surface area contributed by atoms with Gasteiger partial charge in [0.05, 0.1) is 35.8 Å². The van der Waals surface area contributed by atoms with Crippen LogP contribution in [0, 0.1) is 10.1 Å². The van der Waals surface area contributed by atoms with E-state index >= 15 is 0 Å². The van der Waals surface area contributed by atoms with Crippen molar-refractivity contribution < 1.29 is 14.2 Å². The van der Waals surface area contributed by atoms with E-state index < -0.39 is 5.66 Å². The third-order valence-corrected chi connectivity index (χ3v) is 4.83. The maximum Gasteiger partial charge on any atom is 0.306 e. The number of hydrogen-bond donors (Lipinski definition) is 0. The Bertz CT molecular complexity index is 863. The summed E-state index contributed by atoms with van der Waals surface area (Å²) in [7, 11) is 3.06. The SMILES string of the molecule is CCC1=C(c2ccccc2)[N+](=O)[C@@](C)(c2ccc(OC)c(OC)c2)N1[O-]. The Morgan fingerprint density at radius 3 is 2.31 bits per heavy atom. The van der Waals surface area contributed by atoms with Crippen molar-refractivity contribution in [1.29, 1.82) is 0 Å². The first-order valence-electron chi connectivity index (χ1n) is 8.44. The molecule has 0 unspecified atom stereocenters. The van der Waals surface area contributed by atoms with Crippen LogP contribution in [0.4, 0.5) is 0 Å². The molecule has 3 rings (SSSR count). The summed E-state index contributed by atoms with van der Waals surface area (Å²) in [5.74, 6) is 1.01. The van der Waals surface area contributed by atoms with Gasteiger partial charge in [-0.2, -0.15) is 0 Å². The first-order chi connectivity index (χ1) is 12.5. The van der Waals surface area contributed by atoms with Crippen molar-refractivity contribution in [3.8, 4) is 11.5 Å². The zero-order chi connectivity index (χ0) is 18.9. The number of allylic oxidation sites excluding steroid dienone is 1. The van der Waals surface area contributed by atoms with E-state index in [1.807, 2.05) is 37.3 Å². The largest absolute Gasteiger partial charge is 0.753 e. The van der Waals surface area contributed by atoms with Crippen molar-refractivity contribution in [2.24, 2.45) is 0 Å². The van der Waals surface area contributed by atoms with E-state index in [4.69, 9.17) is 9.47 Å². The smallest absolute Gasteiger partial charge is 0.306 e. The number of nitroso groups, excluding NO2 is 1. The molecule has 6 heteroatoms. The van der Waals surface area contributed by atoms with Crippen LogP contribution in [-0.2, 0) is 5.66 Å². The number of hydrogen-bond acceptors (Lipinski definition) is 5. The van der Waals surface area contributed by atoms with Crippen molar-refractivity contribution in [3.63, 3.8) is 0 Å². The summed E-state index contributed by atoms with van der Waals surface area (Å²) in [6.45, 7) is 3.50. The van der Waals surface area contributed by atoms with Crippen molar-refractivity contribution >= 4 is 5.70 Å². The lowest BCUT2D eigenvalue weighted by Gasteiger charge is -2.36. The molecule has 26 heavy (non-hydrogen) atoms. The van der Waals surface area contributed by atoms with Crippen LogP contribution in [0.1, 0.15) is 31.4 Å². The van der Waals surface area contributed by atoms with Crippen LogP contribution >= 0.6 is 0 Å². The highest BCUT2D eigenvalue weighted by Gasteiger charge is 2.55. The molecule has 2 aromatic carbocycles. The highest BCUT2D eigenvalue weighted by molar-refractivity contribution is 5.64. The topological polar surface area (TPSA) is 64.8 Å². The van der Waals surface area contributed by atoms with Gasteiger partial charge in [-0.25, -0.2) is 0 Å². The molecule has 0 N–H and O–H groups in total. The van der Waals surface area contributed by atoms with E-state index in [1.165, 1.54) is 7.11 Å². The fourth-order valence-electron chi connectivity index (χ4n) is 3.33. The third-order valence-electron chi connectivity index (χ3n) is 4.83. The lowest BCUT2D eigenvalue weighted by Crippen LogP contribution is -2.41. The van der Waals surface area contributed by atoms with Crippen LogP contribution < -0.4 is 9.47 Å². The molecule has 0 bridgehead atoms. The van der Waals surface area contributed by atoms with Gasteiger partial charge in [-0.15, -0.1) is 0 Å². The predicted octanol–water partition coefficient (Wildman–Crippen LogP) is 4.25. The zero-order valence-electron chi connectivity index (χ0n) is 15.4. The van der Waals surface area contributed by atoms with Gasteiger partial charge < -0.3 is 19.7 Å². The minimum absolute atomic E-state index is 0.403. The van der Waals surface area contributed by atoms with E-state index in [9.17, 15) is 10.1 Å². The second-order valence-electron chi connectivity index (χ2n) is 6.19. The minimum atomic E-state index is -1.42. The Kier molecular flexibility index (Phi) is 4.70. The van der Waals surface area contributed by atoms with E-state index in [1.54, 1.807) is 32.2 Å². The molecule has 136 valence electrons. The summed E-state index contributed by atoms with van der Waals surface area (Å²) in [5.41, 5.74) is 0.709. The Balaban J connectivity index is 2.14. The zero-order valence-corrected chi connectivity index (χ0v) is 15.4. The molecule has 1 aliphatic heterocycles. The van der Waals surface area contributed by atoms with E-state index in [0.29, 0.717) is 34.9 Å². The second-order valence-corrected chi connectivity index (χ2v) is 6.19. The summed E-state index contributed by atoms with van der Waals surface area (Å²) in [6.07, 6.45) is 0.454. The third kappa shape index (κ3) is 2.54. The van der Waals surface area contributed by atoms with Gasteiger partial charge in [-0.3, -0.25) is 0 Å². The molecule has 0 aromatic heterocycles. The quantitative estimate of drug-likeness (QED) is 0.751. The highest BCUT2D eigenvalue weighted by Crippen LogP contribution is 2.46. The average Bonchev–Trinajstić information content (AvgIpc) is 2.89. The Labute approximate surface area is 152 Å². The second kappa shape index (κ2) is 6.80. The predicted molar refractivity (Wildman–Crippen MR) is 99.4 cm³/mol. The monoisotopic (exact) mass is 354 g/mol. The highest BCUT2D eigenvalue weighted by atomic mass is 16.5. The summed E-state index contributed by atoms with van der Waals surface area (Å²) < 4.78 is 11.4. The van der Waals surface area contributed by atoms with Gasteiger partial charge in [0.1, 0.15) is 0 Å². The molecule has 1 aliphatic rings. The molecule has 0 saturated heterocycles. The summed E-state index contributed by atoms with van der Waals surface area (Å²) in [4.78, 5) is 13.3. The van der Waals surface area contributed by atoms with Crippen molar-refractivity contribution in [2.45, 2.75) is 25.9 Å². The molecule has 0 spiro atoms. The number of hydroxylamine groups is 2. The Hall–Kier alpha value is -2.86. The fraction of sp³-hybridized carbons (Fsp3) is 0.300. The fourth-order valence-corrected chi connectivity index (χ4v) is 3.33. The van der Waals surface area contributed by atoms with Crippen molar-refractivity contribution in [2.75, 3.05) is 14.2 Å². The summed E-state index contributed by atoms with van der Waals surface area (Å²) >= 11 is 0. The standard InChI is InChI=1S/C20H22N2O4/c1-5-16-19(14-9-7-6-8-10-14)22(24)20(2,21(16)23)15-11-12-17(25-3)18(13-15)26-4/h6-13H,5H2,1-4H3/t20-/m0/s1. The molecular weight excluding hydrogens is 332 g/mol.